The van der Waals surface area contributed by atoms with Crippen molar-refractivity contribution in [3.05, 3.63) is 59.7 Å². The van der Waals surface area contributed by atoms with Crippen molar-refractivity contribution in [3.63, 3.8) is 0 Å². The standard InChI is InChI=1S/C14H12F2N2O/c1-19-12-5-2-10(3-6-12)9-17-18-14-7-4-11(15)8-13(14)16/h2-9,18H,1H3/b17-9+. The maximum absolute atomic E-state index is 13.3. The van der Waals surface area contributed by atoms with Crippen molar-refractivity contribution in [3.8, 4) is 5.75 Å². The van der Waals surface area contributed by atoms with Crippen molar-refractivity contribution in [1.82, 2.24) is 0 Å². The second kappa shape index (κ2) is 5.95. The molecule has 0 heterocycles. The fourth-order valence-electron chi connectivity index (χ4n) is 1.45. The second-order valence-electron chi connectivity index (χ2n) is 3.77. The minimum absolute atomic E-state index is 0.117. The van der Waals surface area contributed by atoms with Crippen LogP contribution in [0.5, 0.6) is 5.75 Å². The first-order valence-electron chi connectivity index (χ1n) is 5.57. The van der Waals surface area contributed by atoms with Crippen LogP contribution in [0.4, 0.5) is 14.5 Å². The highest BCUT2D eigenvalue weighted by Gasteiger charge is 2.01. The van der Waals surface area contributed by atoms with Gasteiger partial charge >= 0.3 is 0 Å². The number of halogens is 2. The number of hydrogen-bond acceptors (Lipinski definition) is 3. The summed E-state index contributed by atoms with van der Waals surface area (Å²) in [5.74, 6) is -0.566. The van der Waals surface area contributed by atoms with E-state index in [1.54, 1.807) is 19.2 Å². The number of methoxy groups -OCH3 is 1. The van der Waals surface area contributed by atoms with Crippen LogP contribution in [-0.2, 0) is 0 Å². The van der Waals surface area contributed by atoms with Gasteiger partial charge in [-0.3, -0.25) is 5.43 Å². The maximum atomic E-state index is 13.3. The van der Waals surface area contributed by atoms with Gasteiger partial charge in [-0.15, -0.1) is 0 Å². The van der Waals surface area contributed by atoms with E-state index in [0.717, 1.165) is 23.4 Å². The Bertz CT molecular complexity index is 582. The second-order valence-corrected chi connectivity index (χ2v) is 3.77. The van der Waals surface area contributed by atoms with Crippen molar-refractivity contribution in [1.29, 1.82) is 0 Å². The van der Waals surface area contributed by atoms with E-state index in [1.165, 1.54) is 12.3 Å². The molecule has 3 nitrogen and oxygen atoms in total. The van der Waals surface area contributed by atoms with Crippen LogP contribution in [0, 0.1) is 11.6 Å². The summed E-state index contributed by atoms with van der Waals surface area (Å²) in [6, 6.07) is 10.4. The average molecular weight is 262 g/mol. The summed E-state index contributed by atoms with van der Waals surface area (Å²) < 4.78 is 31.0. The maximum Gasteiger partial charge on any atom is 0.151 e. The largest absolute Gasteiger partial charge is 0.497 e. The summed E-state index contributed by atoms with van der Waals surface area (Å²) in [7, 11) is 1.59. The molecular formula is C14H12F2N2O. The third-order valence-electron chi connectivity index (χ3n) is 2.45. The van der Waals surface area contributed by atoms with Gasteiger partial charge in [-0.05, 0) is 42.0 Å². The fraction of sp³-hybridized carbons (Fsp3) is 0.0714. The monoisotopic (exact) mass is 262 g/mol. The molecule has 19 heavy (non-hydrogen) atoms. The molecule has 5 heteroatoms. The quantitative estimate of drug-likeness (QED) is 0.676. The van der Waals surface area contributed by atoms with Gasteiger partial charge in [-0.25, -0.2) is 8.78 Å². The molecule has 2 aromatic carbocycles. The van der Waals surface area contributed by atoms with E-state index < -0.39 is 11.6 Å². The highest BCUT2D eigenvalue weighted by Crippen LogP contribution is 2.15. The van der Waals surface area contributed by atoms with E-state index in [9.17, 15) is 8.78 Å². The van der Waals surface area contributed by atoms with Gasteiger partial charge in [0.2, 0.25) is 0 Å². The van der Waals surface area contributed by atoms with Crippen LogP contribution in [-0.4, -0.2) is 13.3 Å². The Morgan fingerprint density at radius 1 is 1.11 bits per heavy atom. The van der Waals surface area contributed by atoms with Gasteiger partial charge in [0.05, 0.1) is 19.0 Å². The van der Waals surface area contributed by atoms with Crippen LogP contribution < -0.4 is 10.2 Å². The van der Waals surface area contributed by atoms with E-state index in [0.29, 0.717) is 0 Å². The van der Waals surface area contributed by atoms with Crippen LogP contribution in [0.15, 0.2) is 47.6 Å². The third-order valence-corrected chi connectivity index (χ3v) is 2.45. The molecule has 0 aliphatic heterocycles. The summed E-state index contributed by atoms with van der Waals surface area (Å²) in [6.45, 7) is 0. The molecule has 0 aliphatic carbocycles. The molecule has 0 amide bonds. The number of anilines is 1. The highest BCUT2D eigenvalue weighted by molar-refractivity contribution is 5.80. The minimum atomic E-state index is -0.688. The lowest BCUT2D eigenvalue weighted by molar-refractivity contribution is 0.415. The summed E-state index contributed by atoms with van der Waals surface area (Å²) in [5, 5.41) is 3.88. The van der Waals surface area contributed by atoms with Gasteiger partial charge in [0.15, 0.2) is 5.82 Å². The van der Waals surface area contributed by atoms with Crippen LogP contribution in [0.3, 0.4) is 0 Å². The van der Waals surface area contributed by atoms with Crippen LogP contribution in [0.2, 0.25) is 0 Å². The molecule has 2 aromatic rings. The lowest BCUT2D eigenvalue weighted by atomic mass is 10.2. The van der Waals surface area contributed by atoms with Gasteiger partial charge in [0.25, 0.3) is 0 Å². The van der Waals surface area contributed by atoms with Gasteiger partial charge in [-0.2, -0.15) is 5.10 Å². The summed E-state index contributed by atoms with van der Waals surface area (Å²) in [4.78, 5) is 0. The fourth-order valence-corrected chi connectivity index (χ4v) is 1.45. The van der Waals surface area contributed by atoms with Gasteiger partial charge in [-0.1, -0.05) is 0 Å². The first kappa shape index (κ1) is 13.0. The lowest BCUT2D eigenvalue weighted by Crippen LogP contribution is -1.94. The van der Waals surface area contributed by atoms with Crippen molar-refractivity contribution in [2.75, 3.05) is 12.5 Å². The molecule has 0 aromatic heterocycles. The number of rotatable bonds is 4. The molecule has 0 bridgehead atoms. The third kappa shape index (κ3) is 3.51. The van der Waals surface area contributed by atoms with Crippen LogP contribution in [0.1, 0.15) is 5.56 Å². The van der Waals surface area contributed by atoms with Gasteiger partial charge in [0.1, 0.15) is 11.6 Å². The zero-order valence-corrected chi connectivity index (χ0v) is 10.2. The predicted octanol–water partition coefficient (Wildman–Crippen LogP) is 3.42. The molecule has 98 valence electrons. The SMILES string of the molecule is COc1ccc(/C=N/Nc2ccc(F)cc2F)cc1. The molecule has 0 saturated heterocycles. The van der Waals surface area contributed by atoms with Crippen molar-refractivity contribution < 1.29 is 13.5 Å². The zero-order valence-electron chi connectivity index (χ0n) is 10.2. The molecular weight excluding hydrogens is 250 g/mol. The van der Waals surface area contributed by atoms with E-state index in [4.69, 9.17) is 4.74 Å². The smallest absolute Gasteiger partial charge is 0.151 e. The Labute approximate surface area is 109 Å². The van der Waals surface area contributed by atoms with Gasteiger partial charge in [0, 0.05) is 6.07 Å². The molecule has 0 atom stereocenters. The first-order valence-corrected chi connectivity index (χ1v) is 5.57. The molecule has 2 rings (SSSR count). The van der Waals surface area contributed by atoms with Crippen molar-refractivity contribution in [2.24, 2.45) is 5.10 Å². The first-order chi connectivity index (χ1) is 9.19. The Hall–Kier alpha value is -2.43. The number of hydrogen-bond donors (Lipinski definition) is 1. The van der Waals surface area contributed by atoms with E-state index in [-0.39, 0.29) is 5.69 Å². The van der Waals surface area contributed by atoms with Crippen molar-refractivity contribution in [2.45, 2.75) is 0 Å². The van der Waals surface area contributed by atoms with Gasteiger partial charge < -0.3 is 4.74 Å². The minimum Gasteiger partial charge on any atom is -0.497 e. The van der Waals surface area contributed by atoms with E-state index in [1.807, 2.05) is 12.1 Å². The highest BCUT2D eigenvalue weighted by atomic mass is 19.1. The Kier molecular flexibility index (Phi) is 4.07. The number of nitrogens with zero attached hydrogens (tertiary/aromatic N) is 1. The molecule has 0 fully saturated rings. The number of nitrogens with one attached hydrogen (secondary N) is 1. The molecule has 0 aliphatic rings. The van der Waals surface area contributed by atoms with Crippen LogP contribution >= 0.6 is 0 Å². The number of hydrazone groups is 1. The van der Waals surface area contributed by atoms with E-state index in [2.05, 4.69) is 10.5 Å². The Morgan fingerprint density at radius 3 is 2.47 bits per heavy atom. The number of ether oxygens (including phenoxy) is 1. The summed E-state index contributed by atoms with van der Waals surface area (Å²) in [6.07, 6.45) is 1.53. The van der Waals surface area contributed by atoms with Crippen LogP contribution in [0.25, 0.3) is 0 Å². The molecule has 0 unspecified atom stereocenters. The normalized spacial score (nSPS) is 10.7. The summed E-state index contributed by atoms with van der Waals surface area (Å²) in [5.41, 5.74) is 3.46. The topological polar surface area (TPSA) is 33.6 Å². The predicted molar refractivity (Wildman–Crippen MR) is 70.6 cm³/mol. The molecule has 0 radical (unpaired) electrons. The van der Waals surface area contributed by atoms with Crippen molar-refractivity contribution >= 4 is 11.9 Å². The molecule has 1 N–H and O–H groups in total. The average Bonchev–Trinajstić information content (AvgIpc) is 2.42. The zero-order chi connectivity index (χ0) is 13.7. The lowest BCUT2D eigenvalue weighted by Gasteiger charge is -2.02. The molecule has 0 saturated carbocycles. The Morgan fingerprint density at radius 2 is 1.84 bits per heavy atom. The van der Waals surface area contributed by atoms with E-state index >= 15 is 0 Å². The molecule has 0 spiro atoms. The Balaban J connectivity index is 2.02. The summed E-state index contributed by atoms with van der Waals surface area (Å²) >= 11 is 0. The number of benzene rings is 2.